The number of hydrogen-bond donors (Lipinski definition) is 2. The lowest BCUT2D eigenvalue weighted by atomic mass is 9.96. The van der Waals surface area contributed by atoms with Crippen LogP contribution in [0.1, 0.15) is 37.7 Å². The number of fused-ring (bicyclic) bond motifs is 2. The van der Waals surface area contributed by atoms with Crippen LogP contribution in [0.15, 0.2) is 64.1 Å². The van der Waals surface area contributed by atoms with Crippen molar-refractivity contribution in [3.05, 3.63) is 64.4 Å². The van der Waals surface area contributed by atoms with Crippen LogP contribution in [-0.2, 0) is 4.79 Å². The number of rotatable bonds is 4. The summed E-state index contributed by atoms with van der Waals surface area (Å²) < 4.78 is 7.46. The maximum absolute atomic E-state index is 11.8. The Kier molecular flexibility index (Phi) is 5.50. The Hall–Kier alpha value is -3.65. The number of aromatic nitrogens is 2. The van der Waals surface area contributed by atoms with E-state index in [0.29, 0.717) is 17.5 Å². The molecule has 2 N–H and O–H groups in total. The highest BCUT2D eigenvalue weighted by atomic mass is 32.1. The SMILES string of the molecule is O=C1COc2ccc(-c3csc(=NC4CCCCC4)n3N=Cc3c[nH]c4ccccc34)cc2N1. The molecule has 0 atom stereocenters. The van der Waals surface area contributed by atoms with Crippen LogP contribution >= 0.6 is 11.3 Å². The number of thiazole rings is 1. The molecule has 1 aliphatic carbocycles. The maximum atomic E-state index is 11.8. The number of nitrogens with zero attached hydrogens (tertiary/aromatic N) is 3. The zero-order chi connectivity index (χ0) is 22.9. The first kappa shape index (κ1) is 20.9. The van der Waals surface area contributed by atoms with Gasteiger partial charge in [-0.3, -0.25) is 9.79 Å². The van der Waals surface area contributed by atoms with Gasteiger partial charge in [-0.05, 0) is 37.1 Å². The van der Waals surface area contributed by atoms with Crippen molar-refractivity contribution < 1.29 is 9.53 Å². The first-order chi connectivity index (χ1) is 16.7. The molecular formula is C26H25N5O2S. The standard InChI is InChI=1S/C26H25N5O2S/c32-25-15-33-24-11-10-17(12-22(24)30-25)23-16-34-26(29-19-6-2-1-3-7-19)31(23)28-14-18-13-27-21-9-5-4-8-20(18)21/h4-5,8-14,16,19,27H,1-3,6-7,15H2,(H,30,32). The van der Waals surface area contributed by atoms with Gasteiger partial charge in [-0.1, -0.05) is 37.5 Å². The van der Waals surface area contributed by atoms with Gasteiger partial charge in [0.25, 0.3) is 5.91 Å². The van der Waals surface area contributed by atoms with Crippen molar-refractivity contribution in [3.63, 3.8) is 0 Å². The van der Waals surface area contributed by atoms with Crippen LogP contribution in [0.3, 0.4) is 0 Å². The minimum atomic E-state index is -0.145. The molecule has 7 nitrogen and oxygen atoms in total. The second kappa shape index (κ2) is 8.95. The van der Waals surface area contributed by atoms with Gasteiger partial charge in [0.2, 0.25) is 4.80 Å². The van der Waals surface area contributed by atoms with E-state index in [4.69, 9.17) is 14.8 Å². The third kappa shape index (κ3) is 4.05. The van der Waals surface area contributed by atoms with Gasteiger partial charge in [-0.25, -0.2) is 4.68 Å². The van der Waals surface area contributed by atoms with E-state index in [0.717, 1.165) is 45.4 Å². The first-order valence-corrected chi connectivity index (χ1v) is 12.5. The lowest BCUT2D eigenvalue weighted by Gasteiger charge is -2.18. The molecule has 1 amide bonds. The second-order valence-corrected chi connectivity index (χ2v) is 9.55. The van der Waals surface area contributed by atoms with Gasteiger partial charge in [-0.15, -0.1) is 11.3 Å². The monoisotopic (exact) mass is 471 g/mol. The highest BCUT2D eigenvalue weighted by molar-refractivity contribution is 7.07. The molecule has 0 radical (unpaired) electrons. The number of ether oxygens (including phenoxy) is 1. The molecule has 1 aliphatic heterocycles. The highest BCUT2D eigenvalue weighted by Gasteiger charge is 2.18. The molecule has 2 aromatic carbocycles. The van der Waals surface area contributed by atoms with Crippen LogP contribution in [0, 0.1) is 0 Å². The summed E-state index contributed by atoms with van der Waals surface area (Å²) in [5, 5.41) is 11.0. The van der Waals surface area contributed by atoms with Crippen molar-refractivity contribution in [1.29, 1.82) is 0 Å². The molecule has 0 unspecified atom stereocenters. The molecule has 34 heavy (non-hydrogen) atoms. The van der Waals surface area contributed by atoms with Crippen molar-refractivity contribution in [2.75, 3.05) is 11.9 Å². The minimum absolute atomic E-state index is 0.0458. The molecule has 3 heterocycles. The van der Waals surface area contributed by atoms with Gasteiger partial charge < -0.3 is 15.0 Å². The third-order valence-electron chi connectivity index (χ3n) is 6.39. The molecule has 172 valence electrons. The summed E-state index contributed by atoms with van der Waals surface area (Å²) in [7, 11) is 0. The van der Waals surface area contributed by atoms with E-state index in [2.05, 4.69) is 27.8 Å². The molecular weight excluding hydrogens is 446 g/mol. The van der Waals surface area contributed by atoms with Crippen molar-refractivity contribution in [2.45, 2.75) is 38.1 Å². The van der Waals surface area contributed by atoms with Crippen molar-refractivity contribution >= 4 is 40.0 Å². The number of aromatic amines is 1. The summed E-state index contributed by atoms with van der Waals surface area (Å²) in [4.78, 5) is 21.1. The summed E-state index contributed by atoms with van der Waals surface area (Å²) in [5.74, 6) is 0.535. The van der Waals surface area contributed by atoms with E-state index in [1.54, 1.807) is 11.3 Å². The lowest BCUT2D eigenvalue weighted by Crippen LogP contribution is -2.25. The van der Waals surface area contributed by atoms with Crippen molar-refractivity contribution in [2.24, 2.45) is 10.1 Å². The van der Waals surface area contributed by atoms with E-state index in [9.17, 15) is 4.79 Å². The lowest BCUT2D eigenvalue weighted by molar-refractivity contribution is -0.118. The van der Waals surface area contributed by atoms with E-state index in [1.807, 2.05) is 47.4 Å². The Bertz CT molecular complexity index is 1460. The largest absolute Gasteiger partial charge is 0.482 e. The molecule has 2 aromatic heterocycles. The van der Waals surface area contributed by atoms with Crippen LogP contribution < -0.4 is 14.9 Å². The second-order valence-electron chi connectivity index (χ2n) is 8.72. The molecule has 1 saturated carbocycles. The van der Waals surface area contributed by atoms with Gasteiger partial charge >= 0.3 is 0 Å². The van der Waals surface area contributed by atoms with Crippen LogP contribution in [0.2, 0.25) is 0 Å². The first-order valence-electron chi connectivity index (χ1n) is 11.7. The Morgan fingerprint density at radius 1 is 1.12 bits per heavy atom. The number of anilines is 1. The average Bonchev–Trinajstić information content (AvgIpc) is 3.47. The van der Waals surface area contributed by atoms with Gasteiger partial charge in [-0.2, -0.15) is 5.10 Å². The third-order valence-corrected chi connectivity index (χ3v) is 7.23. The van der Waals surface area contributed by atoms with Crippen LogP contribution in [0.5, 0.6) is 5.75 Å². The Morgan fingerprint density at radius 3 is 2.91 bits per heavy atom. The zero-order valence-electron chi connectivity index (χ0n) is 18.7. The summed E-state index contributed by atoms with van der Waals surface area (Å²) >= 11 is 1.60. The number of nitrogens with one attached hydrogen (secondary N) is 2. The Morgan fingerprint density at radius 2 is 2.00 bits per heavy atom. The van der Waals surface area contributed by atoms with Crippen molar-refractivity contribution in [3.8, 4) is 17.0 Å². The van der Waals surface area contributed by atoms with E-state index < -0.39 is 0 Å². The molecule has 0 spiro atoms. The molecule has 0 bridgehead atoms. The number of benzene rings is 2. The molecule has 2 aliphatic rings. The number of H-pyrrole nitrogens is 1. The topological polar surface area (TPSA) is 83.8 Å². The smallest absolute Gasteiger partial charge is 0.262 e. The summed E-state index contributed by atoms with van der Waals surface area (Å²) in [6.07, 6.45) is 9.88. The highest BCUT2D eigenvalue weighted by Crippen LogP contribution is 2.33. The normalized spacial score (nSPS) is 17.2. The van der Waals surface area contributed by atoms with Gasteiger partial charge in [0.15, 0.2) is 6.61 Å². The number of hydrogen-bond acceptors (Lipinski definition) is 5. The maximum Gasteiger partial charge on any atom is 0.262 e. The molecule has 8 heteroatoms. The zero-order valence-corrected chi connectivity index (χ0v) is 19.5. The number of carbonyl (C=O) groups is 1. The van der Waals surface area contributed by atoms with Crippen LogP contribution in [-0.4, -0.2) is 34.4 Å². The molecule has 6 rings (SSSR count). The van der Waals surface area contributed by atoms with Gasteiger partial charge in [0.1, 0.15) is 5.75 Å². The number of para-hydroxylation sites is 1. The van der Waals surface area contributed by atoms with Crippen LogP contribution in [0.25, 0.3) is 22.2 Å². The van der Waals surface area contributed by atoms with Crippen molar-refractivity contribution in [1.82, 2.24) is 9.66 Å². The summed E-state index contributed by atoms with van der Waals surface area (Å²) in [6, 6.07) is 14.4. The predicted molar refractivity (Wildman–Crippen MR) is 136 cm³/mol. The van der Waals surface area contributed by atoms with E-state index in [1.165, 1.54) is 19.3 Å². The molecule has 1 fully saturated rings. The predicted octanol–water partition coefficient (Wildman–Crippen LogP) is 5.14. The number of amides is 1. The quantitative estimate of drug-likeness (QED) is 0.404. The Balaban J connectivity index is 1.44. The minimum Gasteiger partial charge on any atom is -0.482 e. The summed E-state index contributed by atoms with van der Waals surface area (Å²) in [6.45, 7) is 0.0458. The van der Waals surface area contributed by atoms with E-state index in [-0.39, 0.29) is 12.5 Å². The van der Waals surface area contributed by atoms with Gasteiger partial charge in [0.05, 0.1) is 23.6 Å². The van der Waals surface area contributed by atoms with Crippen LogP contribution in [0.4, 0.5) is 5.69 Å². The molecule has 4 aromatic rings. The van der Waals surface area contributed by atoms with E-state index >= 15 is 0 Å². The Labute approximate surface area is 200 Å². The molecule has 0 saturated heterocycles. The summed E-state index contributed by atoms with van der Waals surface area (Å²) in [5.41, 5.74) is 4.66. The van der Waals surface area contributed by atoms with Gasteiger partial charge in [0, 0.05) is 33.6 Å². The average molecular weight is 472 g/mol. The number of carbonyl (C=O) groups excluding carboxylic acids is 1. The fourth-order valence-electron chi connectivity index (χ4n) is 4.63. The fourth-order valence-corrected chi connectivity index (χ4v) is 5.54. The fraction of sp³-hybridized carbons (Fsp3) is 0.269.